The molecule has 40 heavy (non-hydrogen) atoms. The zero-order valence-electron chi connectivity index (χ0n) is 22.1. The Hall–Kier alpha value is -4.07. The first kappa shape index (κ1) is 27.5. The molecule has 0 atom stereocenters. The Morgan fingerprint density at radius 3 is 2.20 bits per heavy atom. The Labute approximate surface area is 234 Å². The van der Waals surface area contributed by atoms with Crippen molar-refractivity contribution in [3.63, 3.8) is 0 Å². The van der Waals surface area contributed by atoms with Gasteiger partial charge >= 0.3 is 0 Å². The van der Waals surface area contributed by atoms with Gasteiger partial charge in [-0.3, -0.25) is 4.79 Å². The maximum absolute atomic E-state index is 13.8. The number of nitrogens with zero attached hydrogens (tertiary/aromatic N) is 4. The molecule has 9 heteroatoms. The lowest BCUT2D eigenvalue weighted by molar-refractivity contribution is -0.0494. The van der Waals surface area contributed by atoms with Crippen LogP contribution in [0.25, 0.3) is 43.1 Å². The molecule has 0 aliphatic carbocycles. The predicted octanol–water partition coefficient (Wildman–Crippen LogP) is 9.19. The zero-order valence-corrected chi connectivity index (χ0v) is 22.9. The van der Waals surface area contributed by atoms with E-state index in [0.717, 1.165) is 48.7 Å². The lowest BCUT2D eigenvalue weighted by Gasteiger charge is -2.31. The normalized spacial score (nSPS) is 14.6. The molecule has 204 valence electrons. The molecule has 1 aromatic heterocycles. The van der Waals surface area contributed by atoms with Gasteiger partial charge < -0.3 is 4.90 Å². The number of thiophene rings is 1. The second-order valence-electron chi connectivity index (χ2n) is 9.99. The van der Waals surface area contributed by atoms with Crippen LogP contribution >= 0.6 is 11.3 Å². The van der Waals surface area contributed by atoms with Crippen LogP contribution in [0.5, 0.6) is 0 Å². The first-order valence-electron chi connectivity index (χ1n) is 12.9. The van der Waals surface area contributed by atoms with Gasteiger partial charge in [-0.2, -0.15) is 0 Å². The minimum absolute atomic E-state index is 0.0439. The summed E-state index contributed by atoms with van der Waals surface area (Å²) in [4.78, 5) is 19.3. The molecular weight excluding hydrogens is 533 g/mol. The van der Waals surface area contributed by atoms with Crippen molar-refractivity contribution in [1.29, 1.82) is 0 Å². The molecule has 0 spiro atoms. The Kier molecular flexibility index (Phi) is 7.70. The van der Waals surface area contributed by atoms with E-state index in [0.29, 0.717) is 5.56 Å². The molecule has 2 heterocycles. The summed E-state index contributed by atoms with van der Waals surface area (Å²) in [6.45, 7) is 4.43. The Balaban J connectivity index is 1.50. The van der Waals surface area contributed by atoms with Crippen LogP contribution in [0.15, 0.2) is 71.8 Å². The Morgan fingerprint density at radius 2 is 1.55 bits per heavy atom. The summed E-state index contributed by atoms with van der Waals surface area (Å²) < 4.78 is 40.8. The molecule has 1 amide bonds. The van der Waals surface area contributed by atoms with Crippen molar-refractivity contribution in [3.05, 3.63) is 105 Å². The quantitative estimate of drug-likeness (QED) is 0.132. The number of carbonyl (C=O) groups is 1. The molecule has 0 N–H and O–H groups in total. The third-order valence-corrected chi connectivity index (χ3v) is 8.90. The van der Waals surface area contributed by atoms with E-state index in [1.54, 1.807) is 35.6 Å². The minimum Gasteiger partial charge on any atom is -0.338 e. The standard InChI is InChI=1S/C31H27F3N4OS/c1-19-20(2)29(40-28(19)18-36-37-35)26-12-9-24(17-27(26)22-7-10-25(32)11-8-22)21-3-5-23(6-4-21)30(39)38-15-13-31(33,34)14-16-38/h3-12,17H,13-16,18H2,1-2H3. The van der Waals surface area contributed by atoms with E-state index in [4.69, 9.17) is 5.53 Å². The van der Waals surface area contributed by atoms with Gasteiger partial charge in [0.2, 0.25) is 0 Å². The van der Waals surface area contributed by atoms with E-state index in [1.165, 1.54) is 17.0 Å². The Morgan fingerprint density at radius 1 is 0.925 bits per heavy atom. The molecule has 0 unspecified atom stereocenters. The number of hydrogen-bond acceptors (Lipinski definition) is 3. The topological polar surface area (TPSA) is 69.1 Å². The molecule has 3 aromatic carbocycles. The van der Waals surface area contributed by atoms with Crippen LogP contribution in [0.1, 0.15) is 39.2 Å². The lowest BCUT2D eigenvalue weighted by atomic mass is 9.92. The number of benzene rings is 3. The molecule has 0 radical (unpaired) electrons. The summed E-state index contributed by atoms with van der Waals surface area (Å²) in [5.74, 6) is -3.27. The number of rotatable bonds is 6. The van der Waals surface area contributed by atoms with Gasteiger partial charge in [-0.25, -0.2) is 13.2 Å². The maximum atomic E-state index is 13.8. The number of amides is 1. The highest BCUT2D eigenvalue weighted by atomic mass is 32.1. The van der Waals surface area contributed by atoms with Crippen molar-refractivity contribution in [1.82, 2.24) is 4.90 Å². The monoisotopic (exact) mass is 560 g/mol. The summed E-state index contributed by atoms with van der Waals surface area (Å²) in [6, 6.07) is 19.6. The highest BCUT2D eigenvalue weighted by Crippen LogP contribution is 2.43. The van der Waals surface area contributed by atoms with Crippen LogP contribution in [0.2, 0.25) is 0 Å². The maximum Gasteiger partial charge on any atom is 0.253 e. The molecule has 1 saturated heterocycles. The van der Waals surface area contributed by atoms with Crippen molar-refractivity contribution in [3.8, 4) is 32.7 Å². The lowest BCUT2D eigenvalue weighted by Crippen LogP contribution is -2.42. The third-order valence-electron chi connectivity index (χ3n) is 7.49. The van der Waals surface area contributed by atoms with Gasteiger partial charge in [0.1, 0.15) is 5.82 Å². The predicted molar refractivity (Wildman–Crippen MR) is 153 cm³/mol. The van der Waals surface area contributed by atoms with Gasteiger partial charge in [-0.1, -0.05) is 41.5 Å². The highest BCUT2D eigenvalue weighted by Gasteiger charge is 2.35. The SMILES string of the molecule is Cc1c(CN=[N+]=[N-])sc(-c2ccc(-c3ccc(C(=O)N4CCC(F)(F)CC4)cc3)cc2-c2ccc(F)cc2)c1C. The van der Waals surface area contributed by atoms with Crippen molar-refractivity contribution >= 4 is 17.2 Å². The summed E-state index contributed by atoms with van der Waals surface area (Å²) >= 11 is 1.58. The average molecular weight is 561 g/mol. The number of azide groups is 1. The van der Waals surface area contributed by atoms with Gasteiger partial charge in [0, 0.05) is 46.2 Å². The van der Waals surface area contributed by atoms with E-state index in [1.807, 2.05) is 44.2 Å². The zero-order chi connectivity index (χ0) is 28.4. The van der Waals surface area contributed by atoms with Gasteiger partial charge in [0.25, 0.3) is 11.8 Å². The van der Waals surface area contributed by atoms with E-state index >= 15 is 0 Å². The van der Waals surface area contributed by atoms with Crippen molar-refractivity contribution in [2.24, 2.45) is 5.11 Å². The number of piperidine rings is 1. The van der Waals surface area contributed by atoms with E-state index in [2.05, 4.69) is 10.0 Å². The number of likely N-dealkylation sites (tertiary alicyclic amines) is 1. The Bertz CT molecular complexity index is 1600. The average Bonchev–Trinajstić information content (AvgIpc) is 3.24. The van der Waals surface area contributed by atoms with E-state index in [-0.39, 0.29) is 44.2 Å². The first-order chi connectivity index (χ1) is 19.2. The summed E-state index contributed by atoms with van der Waals surface area (Å²) in [6.07, 6.45) is -0.628. The van der Waals surface area contributed by atoms with Crippen molar-refractivity contribution < 1.29 is 18.0 Å². The van der Waals surface area contributed by atoms with Crippen LogP contribution in [-0.4, -0.2) is 29.8 Å². The van der Waals surface area contributed by atoms with Gasteiger partial charge in [-0.15, -0.1) is 11.3 Å². The third kappa shape index (κ3) is 5.62. The molecule has 1 aliphatic heterocycles. The molecule has 5 nitrogen and oxygen atoms in total. The van der Waals surface area contributed by atoms with E-state index in [9.17, 15) is 18.0 Å². The fourth-order valence-corrected chi connectivity index (χ4v) is 6.24. The second-order valence-corrected chi connectivity index (χ2v) is 11.1. The number of carbonyl (C=O) groups excluding carboxylic acids is 1. The molecule has 4 aromatic rings. The van der Waals surface area contributed by atoms with Crippen LogP contribution < -0.4 is 0 Å². The molecule has 5 rings (SSSR count). The van der Waals surface area contributed by atoms with E-state index < -0.39 is 5.92 Å². The van der Waals surface area contributed by atoms with Crippen LogP contribution in [-0.2, 0) is 6.54 Å². The van der Waals surface area contributed by atoms with Crippen molar-refractivity contribution in [2.75, 3.05) is 13.1 Å². The fourth-order valence-electron chi connectivity index (χ4n) is 4.97. The number of halogens is 3. The number of alkyl halides is 2. The smallest absolute Gasteiger partial charge is 0.253 e. The largest absolute Gasteiger partial charge is 0.338 e. The van der Waals surface area contributed by atoms with Gasteiger partial charge in [0.05, 0.1) is 6.54 Å². The van der Waals surface area contributed by atoms with Gasteiger partial charge in [0.15, 0.2) is 0 Å². The summed E-state index contributed by atoms with van der Waals surface area (Å²) in [7, 11) is 0. The van der Waals surface area contributed by atoms with Crippen LogP contribution in [0.3, 0.4) is 0 Å². The minimum atomic E-state index is -2.71. The number of hydrogen-bond donors (Lipinski definition) is 0. The van der Waals surface area contributed by atoms with Gasteiger partial charge in [-0.05, 0) is 88.7 Å². The van der Waals surface area contributed by atoms with Crippen LogP contribution in [0, 0.1) is 19.7 Å². The van der Waals surface area contributed by atoms with Crippen molar-refractivity contribution in [2.45, 2.75) is 39.2 Å². The molecule has 1 aliphatic rings. The molecular formula is C31H27F3N4OS. The molecule has 0 saturated carbocycles. The second kappa shape index (κ2) is 11.2. The first-order valence-corrected chi connectivity index (χ1v) is 13.8. The van der Waals surface area contributed by atoms with Crippen LogP contribution in [0.4, 0.5) is 13.2 Å². The molecule has 1 fully saturated rings. The summed E-state index contributed by atoms with van der Waals surface area (Å²) in [5.41, 5.74) is 16.0. The fraction of sp³-hybridized carbons (Fsp3) is 0.258. The molecule has 0 bridgehead atoms. The summed E-state index contributed by atoms with van der Waals surface area (Å²) in [5, 5.41) is 3.74. The highest BCUT2D eigenvalue weighted by molar-refractivity contribution is 7.16.